The Morgan fingerprint density at radius 1 is 0.953 bits per heavy atom. The van der Waals surface area contributed by atoms with Gasteiger partial charge in [0.1, 0.15) is 5.84 Å². The van der Waals surface area contributed by atoms with E-state index in [2.05, 4.69) is 51.2 Å². The van der Waals surface area contributed by atoms with Crippen LogP contribution in [-0.2, 0) is 13.1 Å². The smallest absolute Gasteiger partial charge is 0.326 e. The Balaban J connectivity index is 1.10. The van der Waals surface area contributed by atoms with Crippen molar-refractivity contribution in [3.8, 4) is 0 Å². The highest BCUT2D eigenvalue weighted by molar-refractivity contribution is 6.12. The molecule has 5 aromatic rings. The minimum atomic E-state index is -0.423. The Labute approximate surface area is 250 Å². The summed E-state index contributed by atoms with van der Waals surface area (Å²) in [6, 6.07) is 30.9. The number of primary amides is 1. The lowest BCUT2D eigenvalue weighted by atomic mass is 9.99. The molecule has 0 bridgehead atoms. The zero-order valence-corrected chi connectivity index (χ0v) is 24.2. The second-order valence-electron chi connectivity index (χ2n) is 11.5. The second-order valence-corrected chi connectivity index (χ2v) is 11.5. The van der Waals surface area contributed by atoms with Crippen LogP contribution in [0.2, 0.25) is 0 Å². The van der Waals surface area contributed by atoms with E-state index in [4.69, 9.17) is 10.7 Å². The Morgan fingerprint density at radius 3 is 2.42 bits per heavy atom. The molecule has 8 nitrogen and oxygen atoms in total. The number of nitrogens with two attached hydrogens (primary N) is 1. The van der Waals surface area contributed by atoms with Gasteiger partial charge >= 0.3 is 5.69 Å². The monoisotopic (exact) mass is 570 g/mol. The van der Waals surface area contributed by atoms with Gasteiger partial charge in [-0.2, -0.15) is 0 Å². The fraction of sp³-hybridized carbons (Fsp3) is 0.229. The van der Waals surface area contributed by atoms with Gasteiger partial charge in [0.2, 0.25) is 5.91 Å². The van der Waals surface area contributed by atoms with Crippen molar-refractivity contribution in [2.24, 2.45) is 10.7 Å². The standard InChI is InChI=1S/C35H34N6O2/c1-23-19-31-26(20-29(23)33(36)42)22-40(27-7-3-2-4-8-27)34(37-31)25-13-11-24(12-14-25)21-39-17-15-28(16-18-39)41-32-10-6-5-9-30(32)38-35(41)43/h2-14,19-20,28H,15-18,21-22H2,1H3,(H2,36,42)(H,38,43). The van der Waals surface area contributed by atoms with Crippen molar-refractivity contribution in [2.75, 3.05) is 18.0 Å². The van der Waals surface area contributed by atoms with Crippen LogP contribution < -0.4 is 16.3 Å². The van der Waals surface area contributed by atoms with Crippen molar-refractivity contribution < 1.29 is 4.79 Å². The van der Waals surface area contributed by atoms with Gasteiger partial charge in [0.15, 0.2) is 0 Å². The molecule has 0 spiro atoms. The molecule has 0 aliphatic carbocycles. The number of amides is 1. The maximum absolute atomic E-state index is 12.7. The molecule has 1 aromatic heterocycles. The summed E-state index contributed by atoms with van der Waals surface area (Å²) in [4.78, 5) is 37.4. The Morgan fingerprint density at radius 2 is 1.67 bits per heavy atom. The number of aliphatic imine (C=N–C) groups is 1. The number of H-pyrrole nitrogens is 1. The number of hydrogen-bond acceptors (Lipinski definition) is 5. The number of aryl methyl sites for hydroxylation is 1. The lowest BCUT2D eigenvalue weighted by molar-refractivity contribution is 0.0999. The van der Waals surface area contributed by atoms with Gasteiger partial charge in [-0.25, -0.2) is 9.79 Å². The number of anilines is 1. The second kappa shape index (κ2) is 11.0. The number of para-hydroxylation sites is 3. The van der Waals surface area contributed by atoms with Crippen LogP contribution in [0.5, 0.6) is 0 Å². The zero-order valence-electron chi connectivity index (χ0n) is 24.2. The molecule has 2 aliphatic heterocycles. The van der Waals surface area contributed by atoms with E-state index in [-0.39, 0.29) is 11.7 Å². The van der Waals surface area contributed by atoms with Crippen molar-refractivity contribution in [1.82, 2.24) is 14.5 Å². The molecule has 0 radical (unpaired) electrons. The first-order valence-electron chi connectivity index (χ1n) is 14.8. The van der Waals surface area contributed by atoms with Crippen LogP contribution >= 0.6 is 0 Å². The largest absolute Gasteiger partial charge is 0.366 e. The first-order chi connectivity index (χ1) is 20.9. The number of likely N-dealkylation sites (tertiary alicyclic amines) is 1. The van der Waals surface area contributed by atoms with Crippen LogP contribution in [0, 0.1) is 6.92 Å². The molecule has 0 saturated carbocycles. The van der Waals surface area contributed by atoms with E-state index in [0.29, 0.717) is 12.1 Å². The maximum atomic E-state index is 12.7. The quantitative estimate of drug-likeness (QED) is 0.275. The van der Waals surface area contributed by atoms with E-state index >= 15 is 0 Å². The van der Waals surface area contributed by atoms with Gasteiger partial charge in [-0.15, -0.1) is 0 Å². The minimum absolute atomic E-state index is 0.0171. The van der Waals surface area contributed by atoms with Gasteiger partial charge in [-0.3, -0.25) is 14.3 Å². The number of nitrogens with one attached hydrogen (secondary N) is 1. The fourth-order valence-corrected chi connectivity index (χ4v) is 6.49. The van der Waals surface area contributed by atoms with Crippen molar-refractivity contribution in [2.45, 2.75) is 38.9 Å². The molecule has 1 saturated heterocycles. The van der Waals surface area contributed by atoms with Crippen LogP contribution in [-0.4, -0.2) is 39.3 Å². The van der Waals surface area contributed by atoms with Crippen LogP contribution in [0.25, 0.3) is 11.0 Å². The summed E-state index contributed by atoms with van der Waals surface area (Å²) >= 11 is 0. The van der Waals surface area contributed by atoms with Gasteiger partial charge in [0, 0.05) is 42.5 Å². The normalized spacial score (nSPS) is 15.8. The average molecular weight is 571 g/mol. The van der Waals surface area contributed by atoms with Crippen LogP contribution in [0.15, 0.2) is 101 Å². The Kier molecular flexibility index (Phi) is 6.91. The molecule has 3 heterocycles. The first kappa shape index (κ1) is 26.9. The molecule has 0 unspecified atom stereocenters. The number of imidazole rings is 1. The fourth-order valence-electron chi connectivity index (χ4n) is 6.49. The number of piperidine rings is 1. The molecule has 43 heavy (non-hydrogen) atoms. The summed E-state index contributed by atoms with van der Waals surface area (Å²) in [5, 5.41) is 0. The van der Waals surface area contributed by atoms with Gasteiger partial charge < -0.3 is 15.6 Å². The van der Waals surface area contributed by atoms with E-state index in [1.807, 2.05) is 66.1 Å². The number of carbonyl (C=O) groups is 1. The minimum Gasteiger partial charge on any atom is -0.366 e. The van der Waals surface area contributed by atoms with E-state index in [0.717, 1.165) is 77.4 Å². The number of amidine groups is 1. The van der Waals surface area contributed by atoms with Crippen LogP contribution in [0.1, 0.15) is 51.5 Å². The third kappa shape index (κ3) is 5.15. The molecule has 1 fully saturated rings. The molecule has 8 heteroatoms. The summed E-state index contributed by atoms with van der Waals surface area (Å²) < 4.78 is 1.94. The van der Waals surface area contributed by atoms with Crippen LogP contribution in [0.4, 0.5) is 11.4 Å². The summed E-state index contributed by atoms with van der Waals surface area (Å²) in [6.45, 7) is 5.24. The maximum Gasteiger partial charge on any atom is 0.326 e. The summed E-state index contributed by atoms with van der Waals surface area (Å²) in [5.74, 6) is 0.453. The number of fused-ring (bicyclic) bond motifs is 2. The summed E-state index contributed by atoms with van der Waals surface area (Å²) in [7, 11) is 0. The van der Waals surface area contributed by atoms with Crippen molar-refractivity contribution >= 4 is 34.2 Å². The number of aromatic nitrogens is 2. The van der Waals surface area contributed by atoms with Gasteiger partial charge in [-0.1, -0.05) is 54.6 Å². The summed E-state index contributed by atoms with van der Waals surface area (Å²) in [6.07, 6.45) is 1.89. The van der Waals surface area contributed by atoms with Crippen LogP contribution in [0.3, 0.4) is 0 Å². The molecular weight excluding hydrogens is 536 g/mol. The van der Waals surface area contributed by atoms with Gasteiger partial charge in [-0.05, 0) is 72.9 Å². The van der Waals surface area contributed by atoms with Crippen molar-refractivity contribution in [1.29, 1.82) is 0 Å². The summed E-state index contributed by atoms with van der Waals surface area (Å²) in [5.41, 5.74) is 14.0. The molecule has 216 valence electrons. The zero-order chi connectivity index (χ0) is 29.5. The Hall–Kier alpha value is -4.95. The molecule has 7 rings (SSSR count). The highest BCUT2D eigenvalue weighted by atomic mass is 16.1. The number of carbonyl (C=O) groups excluding carboxylic acids is 1. The lowest BCUT2D eigenvalue weighted by Crippen LogP contribution is -2.36. The predicted molar refractivity (Wildman–Crippen MR) is 171 cm³/mol. The predicted octanol–water partition coefficient (Wildman–Crippen LogP) is 5.67. The van der Waals surface area contributed by atoms with Crippen molar-refractivity contribution in [3.63, 3.8) is 0 Å². The molecule has 3 N–H and O–H groups in total. The van der Waals surface area contributed by atoms with E-state index < -0.39 is 5.91 Å². The topological polar surface area (TPSA) is 99.7 Å². The lowest BCUT2D eigenvalue weighted by Gasteiger charge is -2.33. The molecule has 4 aromatic carbocycles. The first-order valence-corrected chi connectivity index (χ1v) is 14.8. The molecule has 0 atom stereocenters. The van der Waals surface area contributed by atoms with E-state index in [9.17, 15) is 9.59 Å². The van der Waals surface area contributed by atoms with Gasteiger partial charge in [0.05, 0.1) is 23.3 Å². The molecule has 1 amide bonds. The van der Waals surface area contributed by atoms with E-state index in [1.54, 1.807) is 0 Å². The third-order valence-electron chi connectivity index (χ3n) is 8.73. The number of hydrogen-bond donors (Lipinski definition) is 2. The van der Waals surface area contributed by atoms with Gasteiger partial charge in [0.25, 0.3) is 0 Å². The van der Waals surface area contributed by atoms with E-state index in [1.165, 1.54) is 5.56 Å². The number of benzene rings is 4. The Bertz CT molecular complexity index is 1900. The number of rotatable bonds is 6. The third-order valence-corrected chi connectivity index (χ3v) is 8.73. The number of aromatic amines is 1. The highest BCUT2D eigenvalue weighted by Crippen LogP contribution is 2.34. The number of nitrogens with zero attached hydrogens (tertiary/aromatic N) is 4. The SMILES string of the molecule is Cc1cc2c(cc1C(N)=O)CN(c1ccccc1)C(c1ccc(CN3CCC(n4c(=O)[nH]c5ccccc54)CC3)cc1)=N2. The molecular formula is C35H34N6O2. The van der Waals surface area contributed by atoms with Crippen molar-refractivity contribution in [3.05, 3.63) is 129 Å². The highest BCUT2D eigenvalue weighted by Gasteiger charge is 2.26. The molecule has 2 aliphatic rings. The average Bonchev–Trinajstić information content (AvgIpc) is 3.37.